The van der Waals surface area contributed by atoms with Gasteiger partial charge >= 0.3 is 0 Å². The Bertz CT molecular complexity index is 665. The van der Waals surface area contributed by atoms with E-state index in [0.717, 1.165) is 31.3 Å². The number of hydrogen-bond donors (Lipinski definition) is 2. The van der Waals surface area contributed by atoms with Crippen LogP contribution in [0.1, 0.15) is 62.1 Å². The lowest BCUT2D eigenvalue weighted by molar-refractivity contribution is 0.184. The largest absolute Gasteiger partial charge is 0.343 e. The first-order chi connectivity index (χ1) is 11.8. The van der Waals surface area contributed by atoms with Gasteiger partial charge in [0.25, 0.3) is 0 Å². The number of fused-ring (bicyclic) bond motifs is 1. The van der Waals surface area contributed by atoms with Crippen LogP contribution in [0.25, 0.3) is 11.0 Å². The quantitative estimate of drug-likeness (QED) is 0.898. The van der Waals surface area contributed by atoms with Crippen molar-refractivity contribution in [1.82, 2.24) is 20.2 Å². The van der Waals surface area contributed by atoms with Crippen LogP contribution in [-0.2, 0) is 6.54 Å². The molecule has 0 atom stereocenters. The summed E-state index contributed by atoms with van der Waals surface area (Å²) >= 11 is 0. The number of nitrogens with one attached hydrogen (secondary N) is 2. The van der Waals surface area contributed by atoms with E-state index in [1.165, 1.54) is 61.6 Å². The summed E-state index contributed by atoms with van der Waals surface area (Å²) in [6, 6.07) is 5.07. The molecule has 0 bridgehead atoms. The van der Waals surface area contributed by atoms with Crippen LogP contribution < -0.4 is 5.32 Å². The summed E-state index contributed by atoms with van der Waals surface area (Å²) in [6.07, 6.45) is 11.3. The van der Waals surface area contributed by atoms with Crippen LogP contribution in [0.2, 0.25) is 0 Å². The van der Waals surface area contributed by atoms with Crippen molar-refractivity contribution in [3.8, 4) is 0 Å². The summed E-state index contributed by atoms with van der Waals surface area (Å²) in [5.41, 5.74) is 4.02. The fraction of sp³-hybridized carbons (Fsp3) is 0.650. The van der Waals surface area contributed by atoms with Crippen LogP contribution in [0.4, 0.5) is 0 Å². The molecule has 4 nitrogen and oxygen atoms in total. The highest BCUT2D eigenvalue weighted by Crippen LogP contribution is 2.33. The van der Waals surface area contributed by atoms with E-state index in [9.17, 15) is 0 Å². The summed E-state index contributed by atoms with van der Waals surface area (Å²) in [4.78, 5) is 10.9. The molecule has 130 valence electrons. The fourth-order valence-corrected chi connectivity index (χ4v) is 4.63. The summed E-state index contributed by atoms with van der Waals surface area (Å²) in [5, 5.41) is 4.82. The smallest absolute Gasteiger partial charge is 0.137 e. The molecule has 0 aromatic carbocycles. The van der Waals surface area contributed by atoms with Gasteiger partial charge in [-0.2, -0.15) is 0 Å². The molecule has 4 rings (SSSR count). The SMILES string of the molecule is CN(Cc1c(C2CCNCC2)[nH]c2ncccc12)C1CCCCC1. The second-order valence-electron chi connectivity index (χ2n) is 7.65. The van der Waals surface area contributed by atoms with Crippen molar-refractivity contribution < 1.29 is 0 Å². The standard InChI is InChI=1S/C20H30N4/c1-24(16-6-3-2-4-7-16)14-18-17-8-5-11-22-20(17)23-19(18)15-9-12-21-13-10-15/h5,8,11,15-16,21H,2-4,6-7,9-10,12-14H2,1H3,(H,22,23). The van der Waals surface area contributed by atoms with Crippen LogP contribution in [0.3, 0.4) is 0 Å². The zero-order chi connectivity index (χ0) is 16.4. The minimum absolute atomic E-state index is 0.648. The molecule has 0 amide bonds. The van der Waals surface area contributed by atoms with Crippen LogP contribution >= 0.6 is 0 Å². The molecule has 0 unspecified atom stereocenters. The lowest BCUT2D eigenvalue weighted by Crippen LogP contribution is -2.33. The maximum Gasteiger partial charge on any atom is 0.137 e. The zero-order valence-electron chi connectivity index (χ0n) is 14.9. The Kier molecular flexibility index (Phi) is 4.86. The van der Waals surface area contributed by atoms with E-state index in [4.69, 9.17) is 0 Å². The molecule has 2 aromatic rings. The van der Waals surface area contributed by atoms with E-state index >= 15 is 0 Å². The number of piperidine rings is 1. The Morgan fingerprint density at radius 2 is 1.92 bits per heavy atom. The Morgan fingerprint density at radius 1 is 1.12 bits per heavy atom. The third-order valence-corrected chi connectivity index (χ3v) is 6.06. The maximum atomic E-state index is 4.59. The molecule has 24 heavy (non-hydrogen) atoms. The molecule has 2 N–H and O–H groups in total. The van der Waals surface area contributed by atoms with Gasteiger partial charge in [-0.15, -0.1) is 0 Å². The molecule has 1 aliphatic carbocycles. The van der Waals surface area contributed by atoms with Gasteiger partial charge in [0.15, 0.2) is 0 Å². The van der Waals surface area contributed by atoms with E-state index in [0.29, 0.717) is 5.92 Å². The topological polar surface area (TPSA) is 44.0 Å². The maximum absolute atomic E-state index is 4.59. The first-order valence-corrected chi connectivity index (χ1v) is 9.69. The molecule has 2 aromatic heterocycles. The van der Waals surface area contributed by atoms with Gasteiger partial charge in [-0.1, -0.05) is 19.3 Å². The molecule has 3 heterocycles. The van der Waals surface area contributed by atoms with Crippen LogP contribution in [0.5, 0.6) is 0 Å². The summed E-state index contributed by atoms with van der Waals surface area (Å²) in [5.74, 6) is 0.648. The normalized spacial score (nSPS) is 20.9. The predicted molar refractivity (Wildman–Crippen MR) is 99.3 cm³/mol. The van der Waals surface area contributed by atoms with Gasteiger partial charge in [0.2, 0.25) is 0 Å². The van der Waals surface area contributed by atoms with E-state index in [1.807, 2.05) is 6.20 Å². The monoisotopic (exact) mass is 326 g/mol. The Hall–Kier alpha value is -1.39. The van der Waals surface area contributed by atoms with Crippen LogP contribution in [-0.4, -0.2) is 41.0 Å². The predicted octanol–water partition coefficient (Wildman–Crippen LogP) is 3.79. The number of aromatic nitrogens is 2. The van der Waals surface area contributed by atoms with Gasteiger partial charge in [0.1, 0.15) is 5.65 Å². The van der Waals surface area contributed by atoms with Crippen molar-refractivity contribution >= 4 is 11.0 Å². The summed E-state index contributed by atoms with van der Waals surface area (Å²) in [7, 11) is 2.32. The molecule has 4 heteroatoms. The Labute approximate surface area is 145 Å². The highest BCUT2D eigenvalue weighted by molar-refractivity contribution is 5.81. The van der Waals surface area contributed by atoms with Gasteiger partial charge in [-0.05, 0) is 63.5 Å². The average molecular weight is 326 g/mol. The van der Waals surface area contributed by atoms with E-state index in [1.54, 1.807) is 0 Å². The second-order valence-corrected chi connectivity index (χ2v) is 7.65. The van der Waals surface area contributed by atoms with E-state index in [-0.39, 0.29) is 0 Å². The number of hydrogen-bond acceptors (Lipinski definition) is 3. The molecule has 1 saturated heterocycles. The van der Waals surface area contributed by atoms with Gasteiger partial charge in [-0.25, -0.2) is 4.98 Å². The fourth-order valence-electron chi connectivity index (χ4n) is 4.63. The van der Waals surface area contributed by atoms with Gasteiger partial charge in [0.05, 0.1) is 0 Å². The molecule has 1 aliphatic heterocycles. The second kappa shape index (κ2) is 7.24. The molecule has 2 aliphatic rings. The van der Waals surface area contributed by atoms with Crippen LogP contribution in [0.15, 0.2) is 18.3 Å². The third-order valence-electron chi connectivity index (χ3n) is 6.06. The lowest BCUT2D eigenvalue weighted by Gasteiger charge is -2.32. The number of pyridine rings is 1. The van der Waals surface area contributed by atoms with Crippen molar-refractivity contribution in [2.24, 2.45) is 0 Å². The summed E-state index contributed by atoms with van der Waals surface area (Å²) < 4.78 is 0. The molecular formula is C20H30N4. The molecule has 0 radical (unpaired) electrons. The Morgan fingerprint density at radius 3 is 2.71 bits per heavy atom. The number of H-pyrrole nitrogens is 1. The van der Waals surface area contributed by atoms with Crippen molar-refractivity contribution in [3.05, 3.63) is 29.6 Å². The summed E-state index contributed by atoms with van der Waals surface area (Å²) in [6.45, 7) is 3.31. The highest BCUT2D eigenvalue weighted by atomic mass is 15.1. The average Bonchev–Trinajstić information content (AvgIpc) is 3.02. The van der Waals surface area contributed by atoms with Crippen LogP contribution in [0, 0.1) is 0 Å². The molecule has 2 fully saturated rings. The van der Waals surface area contributed by atoms with Gasteiger partial charge in [-0.3, -0.25) is 4.90 Å². The number of rotatable bonds is 4. The van der Waals surface area contributed by atoms with Crippen molar-refractivity contribution in [2.75, 3.05) is 20.1 Å². The lowest BCUT2D eigenvalue weighted by atomic mass is 9.90. The van der Waals surface area contributed by atoms with Crippen molar-refractivity contribution in [3.63, 3.8) is 0 Å². The number of nitrogens with zero attached hydrogens (tertiary/aromatic N) is 2. The highest BCUT2D eigenvalue weighted by Gasteiger charge is 2.25. The first-order valence-electron chi connectivity index (χ1n) is 9.69. The molecule has 1 saturated carbocycles. The minimum Gasteiger partial charge on any atom is -0.343 e. The van der Waals surface area contributed by atoms with Crippen molar-refractivity contribution in [1.29, 1.82) is 0 Å². The van der Waals surface area contributed by atoms with Crippen molar-refractivity contribution in [2.45, 2.75) is 63.5 Å². The van der Waals surface area contributed by atoms with E-state index < -0.39 is 0 Å². The Balaban J connectivity index is 1.64. The molecular weight excluding hydrogens is 296 g/mol. The first kappa shape index (κ1) is 16.1. The van der Waals surface area contributed by atoms with Gasteiger partial charge in [0, 0.05) is 35.8 Å². The number of aromatic amines is 1. The molecule has 0 spiro atoms. The minimum atomic E-state index is 0.648. The van der Waals surface area contributed by atoms with E-state index in [2.05, 4.69) is 39.4 Å². The van der Waals surface area contributed by atoms with Gasteiger partial charge < -0.3 is 10.3 Å². The zero-order valence-corrected chi connectivity index (χ0v) is 14.9. The third kappa shape index (κ3) is 3.22.